The minimum atomic E-state index is -0.441. The van der Waals surface area contributed by atoms with Crippen LogP contribution in [0.4, 0.5) is 5.69 Å². The normalized spacial score (nSPS) is 10.7. The zero-order chi connectivity index (χ0) is 16.7. The highest BCUT2D eigenvalue weighted by atomic mass is 16.5. The van der Waals surface area contributed by atoms with E-state index < -0.39 is 5.91 Å². The van der Waals surface area contributed by atoms with Crippen LogP contribution in [-0.2, 0) is 9.59 Å². The molecule has 120 valence electrons. The number of nitrogens with two attached hydrogens (primary N) is 1. The van der Waals surface area contributed by atoms with E-state index in [1.54, 1.807) is 36.4 Å². The molecule has 0 spiro atoms. The molecule has 1 aromatic heterocycles. The van der Waals surface area contributed by atoms with Crippen molar-refractivity contribution >= 4 is 23.6 Å². The number of rotatable bonds is 7. The minimum Gasteiger partial charge on any atom is -0.491 e. The number of anilines is 1. The number of primary amides is 1. The number of carbonyl (C=O) groups is 2. The number of para-hydroxylation sites is 2. The lowest BCUT2D eigenvalue weighted by molar-refractivity contribution is -0.118. The molecular formula is C17H18N2O4. The lowest BCUT2D eigenvalue weighted by Crippen LogP contribution is -2.15. The summed E-state index contributed by atoms with van der Waals surface area (Å²) in [7, 11) is 0. The lowest BCUT2D eigenvalue weighted by atomic mass is 10.3. The molecule has 6 nitrogen and oxygen atoms in total. The number of aryl methyl sites for hydroxylation is 1. The Kier molecular flexibility index (Phi) is 5.57. The molecule has 6 heteroatoms. The van der Waals surface area contributed by atoms with Gasteiger partial charge in [0.1, 0.15) is 17.3 Å². The number of amides is 2. The summed E-state index contributed by atoms with van der Waals surface area (Å²) < 4.78 is 10.8. The van der Waals surface area contributed by atoms with Crippen LogP contribution in [0.15, 0.2) is 46.9 Å². The van der Waals surface area contributed by atoms with Gasteiger partial charge in [-0.1, -0.05) is 12.1 Å². The standard InChI is InChI=1S/C17H18N2O4/c1-12-6-7-13(23-12)8-9-17(21)19-14-4-2-3-5-15(14)22-11-10-16(18)20/h2-9H,10-11H2,1H3,(H2,18,20)(H,19,21). The summed E-state index contributed by atoms with van der Waals surface area (Å²) >= 11 is 0. The van der Waals surface area contributed by atoms with Crippen molar-refractivity contribution in [1.82, 2.24) is 0 Å². The Bertz CT molecular complexity index is 719. The first kappa shape index (κ1) is 16.4. The molecule has 2 amide bonds. The summed E-state index contributed by atoms with van der Waals surface area (Å²) in [5.74, 6) is 1.10. The van der Waals surface area contributed by atoms with Crippen molar-refractivity contribution < 1.29 is 18.7 Å². The van der Waals surface area contributed by atoms with Gasteiger partial charge in [0.25, 0.3) is 0 Å². The molecule has 1 heterocycles. The average molecular weight is 314 g/mol. The van der Waals surface area contributed by atoms with E-state index in [4.69, 9.17) is 14.9 Å². The third-order valence-corrected chi connectivity index (χ3v) is 2.91. The summed E-state index contributed by atoms with van der Waals surface area (Å²) in [5.41, 5.74) is 5.58. The van der Waals surface area contributed by atoms with Crippen molar-refractivity contribution in [2.75, 3.05) is 11.9 Å². The molecule has 0 aliphatic heterocycles. The fourth-order valence-corrected chi connectivity index (χ4v) is 1.83. The SMILES string of the molecule is Cc1ccc(C=CC(=O)Nc2ccccc2OCCC(N)=O)o1. The molecule has 2 rings (SSSR count). The number of furan rings is 1. The van der Waals surface area contributed by atoms with Gasteiger partial charge >= 0.3 is 0 Å². The highest BCUT2D eigenvalue weighted by Crippen LogP contribution is 2.23. The number of hydrogen-bond donors (Lipinski definition) is 2. The molecule has 0 unspecified atom stereocenters. The van der Waals surface area contributed by atoms with Gasteiger partial charge in [0.15, 0.2) is 0 Å². The van der Waals surface area contributed by atoms with Crippen LogP contribution < -0.4 is 15.8 Å². The molecule has 0 aliphatic rings. The first-order valence-electron chi connectivity index (χ1n) is 7.10. The Balaban J connectivity index is 1.97. The van der Waals surface area contributed by atoms with Gasteiger partial charge in [-0.15, -0.1) is 0 Å². The van der Waals surface area contributed by atoms with Crippen LogP contribution in [0.1, 0.15) is 17.9 Å². The van der Waals surface area contributed by atoms with Crippen LogP contribution in [0.2, 0.25) is 0 Å². The molecule has 0 radical (unpaired) electrons. The van der Waals surface area contributed by atoms with E-state index in [2.05, 4.69) is 5.32 Å². The van der Waals surface area contributed by atoms with E-state index in [0.29, 0.717) is 17.2 Å². The number of benzene rings is 1. The van der Waals surface area contributed by atoms with Crippen LogP contribution in [-0.4, -0.2) is 18.4 Å². The third-order valence-electron chi connectivity index (χ3n) is 2.91. The first-order chi connectivity index (χ1) is 11.0. The highest BCUT2D eigenvalue weighted by Gasteiger charge is 2.06. The first-order valence-corrected chi connectivity index (χ1v) is 7.10. The van der Waals surface area contributed by atoms with E-state index in [1.807, 2.05) is 13.0 Å². The predicted molar refractivity (Wildman–Crippen MR) is 86.9 cm³/mol. The maximum Gasteiger partial charge on any atom is 0.248 e. The van der Waals surface area contributed by atoms with Crippen LogP contribution in [0.5, 0.6) is 5.75 Å². The maximum absolute atomic E-state index is 12.0. The Morgan fingerprint density at radius 2 is 2.04 bits per heavy atom. The minimum absolute atomic E-state index is 0.111. The number of nitrogens with one attached hydrogen (secondary N) is 1. The summed E-state index contributed by atoms with van der Waals surface area (Å²) in [6, 6.07) is 10.6. The van der Waals surface area contributed by atoms with Gasteiger partial charge < -0.3 is 20.2 Å². The molecular weight excluding hydrogens is 296 g/mol. The molecule has 2 aromatic rings. The van der Waals surface area contributed by atoms with Gasteiger partial charge in [-0.05, 0) is 37.3 Å². The molecule has 0 atom stereocenters. The van der Waals surface area contributed by atoms with Crippen LogP contribution in [0.25, 0.3) is 6.08 Å². The van der Waals surface area contributed by atoms with E-state index in [-0.39, 0.29) is 18.9 Å². The molecule has 3 N–H and O–H groups in total. The zero-order valence-corrected chi connectivity index (χ0v) is 12.7. The van der Waals surface area contributed by atoms with Gasteiger partial charge in [0.2, 0.25) is 11.8 Å². The van der Waals surface area contributed by atoms with Crippen molar-refractivity contribution in [2.45, 2.75) is 13.3 Å². The number of ether oxygens (including phenoxy) is 1. The zero-order valence-electron chi connectivity index (χ0n) is 12.7. The Labute approximate surface area is 133 Å². The third kappa shape index (κ3) is 5.35. The molecule has 0 fully saturated rings. The predicted octanol–water partition coefficient (Wildman–Crippen LogP) is 2.49. The smallest absolute Gasteiger partial charge is 0.248 e. The molecule has 23 heavy (non-hydrogen) atoms. The van der Waals surface area contributed by atoms with Gasteiger partial charge in [-0.3, -0.25) is 9.59 Å². The van der Waals surface area contributed by atoms with Crippen molar-refractivity contribution in [1.29, 1.82) is 0 Å². The summed E-state index contributed by atoms with van der Waals surface area (Å²) in [6.45, 7) is 1.99. The van der Waals surface area contributed by atoms with Crippen molar-refractivity contribution in [3.63, 3.8) is 0 Å². The van der Waals surface area contributed by atoms with Crippen molar-refractivity contribution in [2.24, 2.45) is 5.73 Å². The largest absolute Gasteiger partial charge is 0.491 e. The maximum atomic E-state index is 12.0. The summed E-state index contributed by atoms with van der Waals surface area (Å²) in [5, 5.41) is 2.72. The lowest BCUT2D eigenvalue weighted by Gasteiger charge is -2.10. The van der Waals surface area contributed by atoms with Gasteiger partial charge in [-0.25, -0.2) is 0 Å². The van der Waals surface area contributed by atoms with E-state index in [0.717, 1.165) is 5.76 Å². The molecule has 0 saturated carbocycles. The summed E-state index contributed by atoms with van der Waals surface area (Å²) in [4.78, 5) is 22.7. The van der Waals surface area contributed by atoms with E-state index >= 15 is 0 Å². The monoisotopic (exact) mass is 314 g/mol. The van der Waals surface area contributed by atoms with Crippen LogP contribution in [0, 0.1) is 6.92 Å². The Morgan fingerprint density at radius 1 is 1.26 bits per heavy atom. The second kappa shape index (κ2) is 7.84. The van der Waals surface area contributed by atoms with Gasteiger partial charge in [0, 0.05) is 6.08 Å². The average Bonchev–Trinajstić information content (AvgIpc) is 2.92. The van der Waals surface area contributed by atoms with Gasteiger partial charge in [-0.2, -0.15) is 0 Å². The molecule has 0 bridgehead atoms. The van der Waals surface area contributed by atoms with Crippen molar-refractivity contribution in [3.05, 3.63) is 54.0 Å². The molecule has 1 aromatic carbocycles. The molecule has 0 saturated heterocycles. The molecule has 0 aliphatic carbocycles. The Morgan fingerprint density at radius 3 is 2.74 bits per heavy atom. The highest BCUT2D eigenvalue weighted by molar-refractivity contribution is 6.02. The van der Waals surface area contributed by atoms with Gasteiger partial charge in [0.05, 0.1) is 18.7 Å². The van der Waals surface area contributed by atoms with E-state index in [9.17, 15) is 9.59 Å². The number of hydrogen-bond acceptors (Lipinski definition) is 4. The number of carbonyl (C=O) groups excluding carboxylic acids is 2. The van der Waals surface area contributed by atoms with Crippen LogP contribution in [0.3, 0.4) is 0 Å². The fraction of sp³-hybridized carbons (Fsp3) is 0.176. The van der Waals surface area contributed by atoms with E-state index in [1.165, 1.54) is 6.08 Å². The van der Waals surface area contributed by atoms with Crippen molar-refractivity contribution in [3.8, 4) is 5.75 Å². The second-order valence-corrected chi connectivity index (χ2v) is 4.83. The fourth-order valence-electron chi connectivity index (χ4n) is 1.83. The Hall–Kier alpha value is -3.02. The summed E-state index contributed by atoms with van der Waals surface area (Å²) in [6.07, 6.45) is 3.07. The van der Waals surface area contributed by atoms with Crippen LogP contribution >= 0.6 is 0 Å². The topological polar surface area (TPSA) is 94.6 Å². The second-order valence-electron chi connectivity index (χ2n) is 4.83. The quantitative estimate of drug-likeness (QED) is 0.768.